The first-order chi connectivity index (χ1) is 2.50. The molecule has 29 valence electrons. The molecule has 1 aliphatic heterocycles. The predicted molar refractivity (Wildman–Crippen MR) is 34.7 cm³/mol. The smallest absolute Gasteiger partial charge is 0.0642 e. The molecule has 1 rings (SSSR count). The molecule has 0 aromatic rings. The number of hydrogen-bond donors (Lipinski definition) is 0. The van der Waals surface area contributed by atoms with Crippen LogP contribution >= 0.6 is 41.2 Å². The summed E-state index contributed by atoms with van der Waals surface area (Å²) in [7, 11) is 7.21. The molecule has 5 heavy (non-hydrogen) atoms. The van der Waals surface area contributed by atoms with E-state index in [2.05, 4.69) is 5.08 Å². The Hall–Kier alpha value is 1.40. The van der Waals surface area contributed by atoms with Gasteiger partial charge in [-0.25, -0.2) is 0 Å². The van der Waals surface area contributed by atoms with Crippen LogP contribution in [0.3, 0.4) is 0 Å². The minimum atomic E-state index is 1.79. The summed E-state index contributed by atoms with van der Waals surface area (Å²) in [6.07, 6.45) is 0. The van der Waals surface area contributed by atoms with Crippen LogP contribution in [-0.4, -0.2) is 0 Å². The second-order valence-corrected chi connectivity index (χ2v) is 6.27. The fourth-order valence-electron chi connectivity index (χ4n) is 0.0802. The Kier molecular flexibility index (Phi) is 2.33. The molecule has 0 N–H and O–H groups in total. The molecule has 1 saturated heterocycles. The molecule has 0 spiro atoms. The van der Waals surface area contributed by atoms with Crippen molar-refractivity contribution < 1.29 is 0 Å². The van der Waals surface area contributed by atoms with Gasteiger partial charge in [0.2, 0.25) is 0 Å². The molecule has 4 heteroatoms. The maximum absolute atomic E-state index is 2.12. The fourth-order valence-corrected chi connectivity index (χ4v) is 6.50. The third-order valence-electron chi connectivity index (χ3n) is 0.185. The van der Waals surface area contributed by atoms with Gasteiger partial charge in [0, 0.05) is 0 Å². The van der Waals surface area contributed by atoms with Gasteiger partial charge in [0.15, 0.2) is 0 Å². The third kappa shape index (κ3) is 1.52. The van der Waals surface area contributed by atoms with E-state index in [4.69, 9.17) is 0 Å². The van der Waals surface area contributed by atoms with Crippen LogP contribution in [0.25, 0.3) is 0 Å². The van der Waals surface area contributed by atoms with Gasteiger partial charge < -0.3 is 0 Å². The average molecular weight is 141 g/mol. The molecule has 0 atom stereocenters. The quantitative estimate of drug-likeness (QED) is 0.475. The zero-order chi connectivity index (χ0) is 3.54. The summed E-state index contributed by atoms with van der Waals surface area (Å²) in [6.45, 7) is 0. The summed E-state index contributed by atoms with van der Waals surface area (Å²) < 4.78 is 0. The minimum Gasteiger partial charge on any atom is -0.0642 e. The molecule has 0 saturated carbocycles. The van der Waals surface area contributed by atoms with Crippen molar-refractivity contribution in [1.29, 1.82) is 0 Å². The van der Waals surface area contributed by atoms with Gasteiger partial charge in [0.25, 0.3) is 0 Å². The van der Waals surface area contributed by atoms with Crippen molar-refractivity contribution in [3.63, 3.8) is 0 Å². The zero-order valence-electron chi connectivity index (χ0n) is 2.21. The van der Waals surface area contributed by atoms with E-state index in [9.17, 15) is 0 Å². The molecule has 1 aliphatic rings. The van der Waals surface area contributed by atoms with Crippen LogP contribution in [0.4, 0.5) is 0 Å². The molecule has 1 heterocycles. The highest BCUT2D eigenvalue weighted by Crippen LogP contribution is 2.56. The molecular weight excluding hydrogens is 140 g/mol. The molecule has 0 nitrogen and oxygen atoms in total. The summed E-state index contributed by atoms with van der Waals surface area (Å²) in [6, 6.07) is 0. The van der Waals surface area contributed by atoms with E-state index < -0.39 is 0 Å². The first kappa shape index (κ1) is 4.56. The van der Waals surface area contributed by atoms with Crippen LogP contribution in [0.15, 0.2) is 0 Å². The maximum atomic E-state index is 2.12. The number of rotatable bonds is 0. The van der Waals surface area contributed by atoms with Crippen LogP contribution < -0.4 is 0 Å². The molecular formula is CHS4. The minimum absolute atomic E-state index is 1.79. The Balaban J connectivity index is 2.08. The largest absolute Gasteiger partial charge is 0.0953 e. The van der Waals surface area contributed by atoms with Gasteiger partial charge in [-0.2, -0.15) is 0 Å². The maximum Gasteiger partial charge on any atom is 0.0953 e. The van der Waals surface area contributed by atoms with E-state index in [1.165, 1.54) is 0 Å². The highest BCUT2D eigenvalue weighted by molar-refractivity contribution is 9.31. The molecule has 0 aromatic carbocycles. The van der Waals surface area contributed by atoms with Crippen LogP contribution in [0.2, 0.25) is 0 Å². The van der Waals surface area contributed by atoms with Crippen LogP contribution in [-0.2, 0) is 0 Å². The molecule has 0 aliphatic carbocycles. The van der Waals surface area contributed by atoms with Crippen molar-refractivity contribution in [2.75, 3.05) is 0 Å². The zero-order valence-corrected chi connectivity index (χ0v) is 5.48. The van der Waals surface area contributed by atoms with Crippen LogP contribution in [0.5, 0.6) is 0 Å². The van der Waals surface area contributed by atoms with Gasteiger partial charge in [-0.15, -0.1) is 0 Å². The van der Waals surface area contributed by atoms with Crippen LogP contribution in [0, 0.1) is 5.08 Å². The van der Waals surface area contributed by atoms with Gasteiger partial charge in [-0.1, -0.05) is 21.6 Å². The molecule has 1 radical (unpaired) electrons. The Bertz CT molecular complexity index is 15.2. The summed E-state index contributed by atoms with van der Waals surface area (Å²) in [5.74, 6) is 0. The third-order valence-corrected chi connectivity index (χ3v) is 6.49. The Morgan fingerprint density at radius 2 is 1.60 bits per heavy atom. The molecule has 1 fully saturated rings. The van der Waals surface area contributed by atoms with Gasteiger partial charge in [-0.05, 0) is 19.7 Å². The second kappa shape index (κ2) is 2.55. The van der Waals surface area contributed by atoms with E-state index in [-0.39, 0.29) is 0 Å². The lowest BCUT2D eigenvalue weighted by atomic mass is 11.9. The second-order valence-electron chi connectivity index (χ2n) is 0.425. The van der Waals surface area contributed by atoms with Gasteiger partial charge in [0.1, 0.15) is 0 Å². The van der Waals surface area contributed by atoms with E-state index >= 15 is 0 Å². The van der Waals surface area contributed by atoms with E-state index in [1.807, 2.05) is 19.7 Å². The van der Waals surface area contributed by atoms with Gasteiger partial charge in [-0.3, -0.25) is 0 Å². The van der Waals surface area contributed by atoms with Crippen LogP contribution in [0.1, 0.15) is 0 Å². The molecule has 0 aromatic heterocycles. The Morgan fingerprint density at radius 1 is 1.00 bits per heavy atom. The monoisotopic (exact) mass is 141 g/mol. The van der Waals surface area contributed by atoms with Crippen molar-refractivity contribution in [1.82, 2.24) is 0 Å². The average Bonchev–Trinajstić information content (AvgIpc) is 1.76. The predicted octanol–water partition coefficient (Wildman–Crippen LogP) is 2.80. The first-order valence-corrected chi connectivity index (χ1v) is 5.91. The Labute approximate surface area is 46.4 Å². The first-order valence-electron chi connectivity index (χ1n) is 0.971. The lowest BCUT2D eigenvalue weighted by Crippen LogP contribution is -1.23. The Morgan fingerprint density at radius 3 is 1.80 bits per heavy atom. The molecule has 0 bridgehead atoms. The van der Waals surface area contributed by atoms with E-state index in [1.54, 1.807) is 21.6 Å². The van der Waals surface area contributed by atoms with Gasteiger partial charge in [0.05, 0.1) is 5.08 Å². The summed E-state index contributed by atoms with van der Waals surface area (Å²) >= 11 is 0. The summed E-state index contributed by atoms with van der Waals surface area (Å²) in [4.78, 5) is 0. The highest BCUT2D eigenvalue weighted by atomic mass is 33.7. The topological polar surface area (TPSA) is 0 Å². The van der Waals surface area contributed by atoms with Crippen molar-refractivity contribution in [2.45, 2.75) is 0 Å². The van der Waals surface area contributed by atoms with E-state index in [0.717, 1.165) is 0 Å². The summed E-state index contributed by atoms with van der Waals surface area (Å²) in [5.41, 5.74) is 0. The van der Waals surface area contributed by atoms with Crippen molar-refractivity contribution in [2.24, 2.45) is 0 Å². The standard InChI is InChI=1S/CHS4/c1-2-4-5-3-1/h1H. The van der Waals surface area contributed by atoms with Crippen molar-refractivity contribution in [3.05, 3.63) is 5.08 Å². The van der Waals surface area contributed by atoms with Crippen molar-refractivity contribution in [3.8, 4) is 0 Å². The van der Waals surface area contributed by atoms with Gasteiger partial charge >= 0.3 is 0 Å². The lowest BCUT2D eigenvalue weighted by molar-refractivity contribution is 2.81. The lowest BCUT2D eigenvalue weighted by Gasteiger charge is -1.64. The van der Waals surface area contributed by atoms with E-state index in [0.29, 0.717) is 0 Å². The number of hydrogen-bond acceptors (Lipinski definition) is 4. The summed E-state index contributed by atoms with van der Waals surface area (Å²) in [5, 5.41) is 2.12. The normalized spacial score (nSPS) is 24.0. The molecule has 0 amide bonds. The van der Waals surface area contributed by atoms with Crippen molar-refractivity contribution >= 4 is 41.2 Å². The molecule has 0 unspecified atom stereocenters. The highest BCUT2D eigenvalue weighted by Gasteiger charge is 1.99. The fraction of sp³-hybridized carbons (Fsp3) is 0. The SMILES string of the molecule is [CH]1SSSS1.